The van der Waals surface area contributed by atoms with Crippen LogP contribution in [0.25, 0.3) is 0 Å². The summed E-state index contributed by atoms with van der Waals surface area (Å²) in [6.45, 7) is 1.41. The van der Waals surface area contributed by atoms with E-state index in [4.69, 9.17) is 0 Å². The van der Waals surface area contributed by atoms with E-state index in [-0.39, 0.29) is 0 Å². The van der Waals surface area contributed by atoms with E-state index in [0.29, 0.717) is 24.9 Å². The molecular weight excluding hydrogens is 243 g/mol. The second-order valence-corrected chi connectivity index (χ2v) is 4.71. The molecule has 18 heavy (non-hydrogen) atoms. The number of nitrogens with one attached hydrogen (secondary N) is 1. The maximum Gasteiger partial charge on any atom is 0.416 e. The lowest BCUT2D eigenvalue weighted by Crippen LogP contribution is -2.27. The van der Waals surface area contributed by atoms with Crippen molar-refractivity contribution >= 4 is 0 Å². The van der Waals surface area contributed by atoms with Gasteiger partial charge >= 0.3 is 6.18 Å². The van der Waals surface area contributed by atoms with E-state index in [2.05, 4.69) is 5.32 Å². The molecule has 1 fully saturated rings. The lowest BCUT2D eigenvalue weighted by atomic mass is 9.86. The highest BCUT2D eigenvalue weighted by atomic mass is 19.4. The van der Waals surface area contributed by atoms with E-state index in [1.165, 1.54) is 6.07 Å². The van der Waals surface area contributed by atoms with E-state index in [9.17, 15) is 18.3 Å². The zero-order valence-corrected chi connectivity index (χ0v) is 9.93. The molecule has 1 heterocycles. The Bertz CT molecular complexity index is 409. The first kappa shape index (κ1) is 13.4. The lowest BCUT2D eigenvalue weighted by Gasteiger charge is -2.27. The summed E-state index contributed by atoms with van der Waals surface area (Å²) in [5.74, 6) is 0. The molecule has 0 bridgehead atoms. The van der Waals surface area contributed by atoms with Crippen molar-refractivity contribution in [3.05, 3.63) is 35.4 Å². The van der Waals surface area contributed by atoms with Gasteiger partial charge in [-0.2, -0.15) is 13.2 Å². The van der Waals surface area contributed by atoms with E-state index >= 15 is 0 Å². The second-order valence-electron chi connectivity index (χ2n) is 4.71. The van der Waals surface area contributed by atoms with Gasteiger partial charge in [0.05, 0.1) is 11.2 Å². The molecule has 1 aromatic rings. The van der Waals surface area contributed by atoms with Crippen molar-refractivity contribution in [1.82, 2.24) is 5.32 Å². The molecule has 1 unspecified atom stereocenters. The molecule has 5 heteroatoms. The summed E-state index contributed by atoms with van der Waals surface area (Å²) in [6.07, 6.45) is -2.68. The topological polar surface area (TPSA) is 32.3 Å². The third-order valence-electron chi connectivity index (χ3n) is 3.39. The van der Waals surface area contributed by atoms with Crippen LogP contribution < -0.4 is 5.32 Å². The third kappa shape index (κ3) is 2.84. The first-order valence-electron chi connectivity index (χ1n) is 6.03. The number of aliphatic hydroxyl groups is 1. The summed E-state index contributed by atoms with van der Waals surface area (Å²) in [4.78, 5) is 0. The zero-order valence-electron chi connectivity index (χ0n) is 9.93. The molecule has 2 nitrogen and oxygen atoms in total. The molecule has 0 spiro atoms. The van der Waals surface area contributed by atoms with Crippen LogP contribution in [0, 0.1) is 0 Å². The minimum atomic E-state index is -4.37. The molecule has 2 N–H and O–H groups in total. The Morgan fingerprint density at radius 2 is 1.94 bits per heavy atom. The quantitative estimate of drug-likeness (QED) is 0.812. The Morgan fingerprint density at radius 1 is 1.17 bits per heavy atom. The highest BCUT2D eigenvalue weighted by molar-refractivity contribution is 5.30. The Kier molecular flexibility index (Phi) is 3.64. The molecule has 2 rings (SSSR count). The summed E-state index contributed by atoms with van der Waals surface area (Å²) in [6, 6.07) is 5.02. The molecule has 1 atom stereocenters. The average molecular weight is 259 g/mol. The summed E-state index contributed by atoms with van der Waals surface area (Å²) in [5, 5.41) is 13.6. The summed E-state index contributed by atoms with van der Waals surface area (Å²) >= 11 is 0. The molecule has 1 aliphatic heterocycles. The van der Waals surface area contributed by atoms with Gasteiger partial charge in [-0.25, -0.2) is 0 Å². The number of rotatable bonds is 1. The fraction of sp³-hybridized carbons (Fsp3) is 0.538. The van der Waals surface area contributed by atoms with E-state index < -0.39 is 17.3 Å². The van der Waals surface area contributed by atoms with Crippen molar-refractivity contribution < 1.29 is 18.3 Å². The smallest absolute Gasteiger partial charge is 0.385 e. The largest absolute Gasteiger partial charge is 0.416 e. The van der Waals surface area contributed by atoms with Crippen molar-refractivity contribution in [3.63, 3.8) is 0 Å². The Balaban J connectivity index is 2.32. The Hall–Kier alpha value is -1.07. The van der Waals surface area contributed by atoms with Crippen LogP contribution >= 0.6 is 0 Å². The molecule has 0 amide bonds. The number of halogens is 3. The lowest BCUT2D eigenvalue weighted by molar-refractivity contribution is -0.137. The van der Waals surface area contributed by atoms with Crippen LogP contribution in [0.4, 0.5) is 13.2 Å². The minimum Gasteiger partial charge on any atom is -0.385 e. The van der Waals surface area contributed by atoms with E-state index in [0.717, 1.165) is 25.1 Å². The first-order chi connectivity index (χ1) is 8.42. The van der Waals surface area contributed by atoms with Gasteiger partial charge in [0.1, 0.15) is 0 Å². The fourth-order valence-corrected chi connectivity index (χ4v) is 2.32. The van der Waals surface area contributed by atoms with Gasteiger partial charge in [-0.15, -0.1) is 0 Å². The van der Waals surface area contributed by atoms with Gasteiger partial charge in [0.25, 0.3) is 0 Å². The van der Waals surface area contributed by atoms with Crippen LogP contribution in [0.15, 0.2) is 24.3 Å². The monoisotopic (exact) mass is 259 g/mol. The molecule has 0 aromatic heterocycles. The van der Waals surface area contributed by atoms with Crippen molar-refractivity contribution in [2.24, 2.45) is 0 Å². The summed E-state index contributed by atoms with van der Waals surface area (Å²) < 4.78 is 37.9. The first-order valence-corrected chi connectivity index (χ1v) is 6.03. The van der Waals surface area contributed by atoms with E-state index in [1.807, 2.05) is 0 Å². The number of benzene rings is 1. The van der Waals surface area contributed by atoms with Crippen LogP contribution in [-0.2, 0) is 11.8 Å². The van der Waals surface area contributed by atoms with Gasteiger partial charge in [0.2, 0.25) is 0 Å². The zero-order chi connectivity index (χ0) is 13.2. The molecule has 0 saturated carbocycles. The summed E-state index contributed by atoms with van der Waals surface area (Å²) in [7, 11) is 0. The second kappa shape index (κ2) is 4.90. The average Bonchev–Trinajstić information content (AvgIpc) is 2.54. The van der Waals surface area contributed by atoms with Gasteiger partial charge in [-0.05, 0) is 50.0 Å². The van der Waals surface area contributed by atoms with Crippen molar-refractivity contribution in [3.8, 4) is 0 Å². The molecule has 0 radical (unpaired) electrons. The fourth-order valence-electron chi connectivity index (χ4n) is 2.32. The van der Waals surface area contributed by atoms with Crippen molar-refractivity contribution in [2.45, 2.75) is 31.0 Å². The molecule has 1 aromatic carbocycles. The third-order valence-corrected chi connectivity index (χ3v) is 3.39. The SMILES string of the molecule is OC1(c2cccc(C(F)(F)F)c2)CCCNCC1. The molecule has 1 saturated heterocycles. The maximum atomic E-state index is 12.6. The predicted molar refractivity (Wildman–Crippen MR) is 62.1 cm³/mol. The van der Waals surface area contributed by atoms with Crippen LogP contribution in [0.3, 0.4) is 0 Å². The van der Waals surface area contributed by atoms with Gasteiger partial charge in [0, 0.05) is 0 Å². The van der Waals surface area contributed by atoms with Gasteiger partial charge in [-0.3, -0.25) is 0 Å². The molecule has 0 aliphatic carbocycles. The molecule has 1 aliphatic rings. The van der Waals surface area contributed by atoms with Crippen LogP contribution in [0.2, 0.25) is 0 Å². The Morgan fingerprint density at radius 3 is 2.67 bits per heavy atom. The number of hydrogen-bond donors (Lipinski definition) is 2. The standard InChI is InChI=1S/C13H16F3NO/c14-13(15,16)11-4-1-3-10(9-11)12(18)5-2-7-17-8-6-12/h1,3-4,9,17-18H,2,5-8H2. The van der Waals surface area contributed by atoms with Gasteiger partial charge < -0.3 is 10.4 Å². The minimum absolute atomic E-state index is 0.362. The maximum absolute atomic E-state index is 12.6. The van der Waals surface area contributed by atoms with Crippen LogP contribution in [0.1, 0.15) is 30.4 Å². The number of alkyl halides is 3. The highest BCUT2D eigenvalue weighted by Gasteiger charge is 2.34. The van der Waals surface area contributed by atoms with Crippen LogP contribution in [0.5, 0.6) is 0 Å². The van der Waals surface area contributed by atoms with E-state index in [1.54, 1.807) is 6.07 Å². The predicted octanol–water partition coefficient (Wildman–Crippen LogP) is 2.67. The highest BCUT2D eigenvalue weighted by Crippen LogP contribution is 2.35. The van der Waals surface area contributed by atoms with Gasteiger partial charge in [0.15, 0.2) is 0 Å². The molecular formula is C13H16F3NO. The molecule has 100 valence electrons. The number of hydrogen-bond acceptors (Lipinski definition) is 2. The Labute approximate surface area is 104 Å². The van der Waals surface area contributed by atoms with Gasteiger partial charge in [-0.1, -0.05) is 12.1 Å². The van der Waals surface area contributed by atoms with Crippen LogP contribution in [-0.4, -0.2) is 18.2 Å². The summed E-state index contributed by atoms with van der Waals surface area (Å²) in [5.41, 5.74) is -1.49. The van der Waals surface area contributed by atoms with Crippen molar-refractivity contribution in [1.29, 1.82) is 0 Å². The normalized spacial score (nSPS) is 25.8. The van der Waals surface area contributed by atoms with Crippen molar-refractivity contribution in [2.75, 3.05) is 13.1 Å².